The molecule has 6 rings (SSSR count). The van der Waals surface area contributed by atoms with Crippen LogP contribution in [0.15, 0.2) is 10.7 Å². The Balaban J connectivity index is 1.01. The Hall–Kier alpha value is -0.340. The quantitative estimate of drug-likeness (QED) is 0.243. The Kier molecular flexibility index (Phi) is 11.3. The summed E-state index contributed by atoms with van der Waals surface area (Å²) in [5.74, 6) is 3.82. The molecule has 0 aromatic carbocycles. The lowest BCUT2D eigenvalue weighted by Gasteiger charge is -2.36. The molecule has 0 aromatic rings. The van der Waals surface area contributed by atoms with Crippen molar-refractivity contribution < 1.29 is 23.3 Å². The van der Waals surface area contributed by atoms with Crippen LogP contribution >= 0.6 is 11.8 Å². The molecule has 0 radical (unpaired) electrons. The number of likely N-dealkylation sites (tertiary alicyclic amines) is 1. The first-order valence-electron chi connectivity index (χ1n) is 17.4. The van der Waals surface area contributed by atoms with Crippen LogP contribution in [-0.2, 0) is 18.9 Å². The first-order valence-corrected chi connectivity index (χ1v) is 18.3. The maximum absolute atomic E-state index is 12.9. The van der Waals surface area contributed by atoms with Crippen molar-refractivity contribution in [1.82, 2.24) is 4.90 Å². The summed E-state index contributed by atoms with van der Waals surface area (Å²) in [6, 6.07) is 0. The van der Waals surface area contributed by atoms with E-state index in [9.17, 15) is 4.39 Å². The first kappa shape index (κ1) is 30.7. The van der Waals surface area contributed by atoms with E-state index in [1.165, 1.54) is 57.1 Å². The minimum absolute atomic E-state index is 0.0164. The molecule has 3 heterocycles. The van der Waals surface area contributed by atoms with E-state index < -0.39 is 0 Å². The van der Waals surface area contributed by atoms with E-state index in [0.717, 1.165) is 96.1 Å². The lowest BCUT2D eigenvalue weighted by molar-refractivity contribution is -0.194. The fraction of sp³-hybridized carbons (Fsp3) is 0.941. The first-order chi connectivity index (χ1) is 20.1. The van der Waals surface area contributed by atoms with Crippen LogP contribution in [0, 0.1) is 23.7 Å². The molecular formula is C34H56FNO4S. The Morgan fingerprint density at radius 1 is 0.902 bits per heavy atom. The zero-order valence-corrected chi connectivity index (χ0v) is 26.4. The van der Waals surface area contributed by atoms with Crippen molar-refractivity contribution in [2.75, 3.05) is 39.5 Å². The van der Waals surface area contributed by atoms with Crippen molar-refractivity contribution in [3.8, 4) is 0 Å². The Labute approximate surface area is 253 Å². The molecule has 6 aliphatic rings. The summed E-state index contributed by atoms with van der Waals surface area (Å²) in [6.07, 6.45) is 20.1. The van der Waals surface area contributed by atoms with Gasteiger partial charge < -0.3 is 23.8 Å². The Bertz CT molecular complexity index is 845. The van der Waals surface area contributed by atoms with Gasteiger partial charge in [0.15, 0.2) is 6.29 Å². The van der Waals surface area contributed by atoms with Crippen molar-refractivity contribution in [2.24, 2.45) is 23.7 Å². The maximum Gasteiger partial charge on any atom is 0.157 e. The molecule has 5 nitrogen and oxygen atoms in total. The van der Waals surface area contributed by atoms with E-state index in [4.69, 9.17) is 18.9 Å². The second-order valence-electron chi connectivity index (χ2n) is 14.1. The summed E-state index contributed by atoms with van der Waals surface area (Å²) in [5.41, 5.74) is 0. The molecule has 234 valence electrons. The lowest BCUT2D eigenvalue weighted by atomic mass is 9.78. The van der Waals surface area contributed by atoms with Gasteiger partial charge in [-0.3, -0.25) is 4.39 Å². The zero-order chi connectivity index (χ0) is 28.0. The number of nitrogens with zero attached hydrogens (tertiary/aromatic N) is 1. The predicted molar refractivity (Wildman–Crippen MR) is 164 cm³/mol. The van der Waals surface area contributed by atoms with Crippen LogP contribution in [0.25, 0.3) is 0 Å². The van der Waals surface area contributed by atoms with Gasteiger partial charge in [-0.05, 0) is 102 Å². The van der Waals surface area contributed by atoms with E-state index in [1.54, 1.807) is 4.91 Å². The number of halogens is 1. The average molecular weight is 594 g/mol. The van der Waals surface area contributed by atoms with Crippen LogP contribution in [0.5, 0.6) is 0 Å². The number of hydrogen-bond acceptors (Lipinski definition) is 6. The molecule has 7 atom stereocenters. The Morgan fingerprint density at radius 3 is 2.49 bits per heavy atom. The highest BCUT2D eigenvalue weighted by Gasteiger charge is 2.44. The van der Waals surface area contributed by atoms with Gasteiger partial charge in [-0.2, -0.15) is 0 Å². The smallest absolute Gasteiger partial charge is 0.157 e. The summed E-state index contributed by atoms with van der Waals surface area (Å²) in [5, 5.41) is 0.600. The Morgan fingerprint density at radius 2 is 1.71 bits per heavy atom. The SMILES string of the molecule is CC1CCCCC1CC1=C(OC2CCC(OCCN3CC[C@@H](CF)C3)CC2)C2CCC(OC3CCCCO3)CC2S1. The fourth-order valence-corrected chi connectivity index (χ4v) is 10.2. The molecule has 3 saturated carbocycles. The minimum Gasteiger partial charge on any atom is -0.494 e. The van der Waals surface area contributed by atoms with E-state index >= 15 is 0 Å². The van der Waals surface area contributed by atoms with Crippen LogP contribution < -0.4 is 0 Å². The summed E-state index contributed by atoms with van der Waals surface area (Å²) in [7, 11) is 0. The third-order valence-corrected chi connectivity index (χ3v) is 12.6. The maximum atomic E-state index is 12.9. The molecule has 0 spiro atoms. The number of fused-ring (bicyclic) bond motifs is 1. The predicted octanol–water partition coefficient (Wildman–Crippen LogP) is 7.88. The summed E-state index contributed by atoms with van der Waals surface area (Å²) in [4.78, 5) is 3.96. The van der Waals surface area contributed by atoms with Gasteiger partial charge in [-0.1, -0.05) is 26.2 Å². The van der Waals surface area contributed by atoms with Crippen LogP contribution in [0.4, 0.5) is 4.39 Å². The fourth-order valence-electron chi connectivity index (χ4n) is 8.45. The summed E-state index contributed by atoms with van der Waals surface area (Å²) < 4.78 is 38.7. The summed E-state index contributed by atoms with van der Waals surface area (Å²) in [6.45, 7) is 6.81. The molecule has 0 bridgehead atoms. The number of ether oxygens (including phenoxy) is 4. The molecule has 7 heteroatoms. The van der Waals surface area contributed by atoms with E-state index in [2.05, 4.69) is 23.6 Å². The van der Waals surface area contributed by atoms with Crippen LogP contribution in [-0.4, -0.2) is 74.3 Å². The van der Waals surface area contributed by atoms with Crippen LogP contribution in [0.2, 0.25) is 0 Å². The van der Waals surface area contributed by atoms with Gasteiger partial charge in [0.1, 0.15) is 5.76 Å². The van der Waals surface area contributed by atoms with Gasteiger partial charge >= 0.3 is 0 Å². The van der Waals surface area contributed by atoms with Crippen LogP contribution in [0.3, 0.4) is 0 Å². The molecule has 5 fully saturated rings. The zero-order valence-electron chi connectivity index (χ0n) is 25.6. The normalized spacial score (nSPS) is 40.6. The number of allylic oxidation sites excluding steroid dienone is 2. The molecule has 3 aliphatic heterocycles. The third-order valence-electron chi connectivity index (χ3n) is 11.1. The molecular weight excluding hydrogens is 537 g/mol. The van der Waals surface area contributed by atoms with Crippen molar-refractivity contribution in [1.29, 1.82) is 0 Å². The highest BCUT2D eigenvalue weighted by molar-refractivity contribution is 8.04. The molecule has 41 heavy (non-hydrogen) atoms. The van der Waals surface area contributed by atoms with E-state index in [-0.39, 0.29) is 18.9 Å². The lowest BCUT2D eigenvalue weighted by Crippen LogP contribution is -2.36. The highest BCUT2D eigenvalue weighted by Crippen LogP contribution is 2.53. The molecule has 0 amide bonds. The number of alkyl halides is 1. The van der Waals surface area contributed by atoms with Gasteiger partial charge in [0, 0.05) is 41.7 Å². The van der Waals surface area contributed by atoms with Crippen molar-refractivity contribution in [3.05, 3.63) is 10.7 Å². The van der Waals surface area contributed by atoms with Crippen molar-refractivity contribution >= 4 is 11.8 Å². The largest absolute Gasteiger partial charge is 0.494 e. The number of hydrogen-bond donors (Lipinski definition) is 0. The molecule has 0 N–H and O–H groups in total. The molecule has 2 saturated heterocycles. The van der Waals surface area contributed by atoms with E-state index in [1.807, 2.05) is 0 Å². The molecule has 3 aliphatic carbocycles. The van der Waals surface area contributed by atoms with Crippen molar-refractivity contribution in [3.63, 3.8) is 0 Å². The standard InChI is InChI=1S/C34H56FNO4S/c1-24-6-2-3-7-26(24)20-32-34(30-14-13-29(21-31(30)41-32)39-33-8-4-5-18-38-33)40-28-11-9-27(10-12-28)37-19-17-36-16-15-25(22-35)23-36/h24-31,33H,2-23H2,1H3/t24?,25-,26?,27?,28?,29?,30?,31?,33?/m0/s1. The molecule has 6 unspecified atom stereocenters. The number of rotatable bonds is 11. The average Bonchev–Trinajstić information content (AvgIpc) is 3.59. The topological polar surface area (TPSA) is 40.2 Å². The highest BCUT2D eigenvalue weighted by atomic mass is 32.2. The molecule has 0 aromatic heterocycles. The van der Waals surface area contributed by atoms with Gasteiger partial charge in [-0.15, -0.1) is 11.8 Å². The minimum atomic E-state index is -0.177. The van der Waals surface area contributed by atoms with Crippen molar-refractivity contribution in [2.45, 2.75) is 140 Å². The van der Waals surface area contributed by atoms with Gasteiger partial charge in [-0.25, -0.2) is 0 Å². The van der Waals surface area contributed by atoms with Gasteiger partial charge in [0.05, 0.1) is 31.6 Å². The summed E-state index contributed by atoms with van der Waals surface area (Å²) >= 11 is 2.16. The van der Waals surface area contributed by atoms with E-state index in [0.29, 0.717) is 29.5 Å². The van der Waals surface area contributed by atoms with Crippen LogP contribution in [0.1, 0.15) is 110 Å². The second-order valence-corrected chi connectivity index (χ2v) is 15.5. The monoisotopic (exact) mass is 593 g/mol. The van der Waals surface area contributed by atoms with Gasteiger partial charge in [0.2, 0.25) is 0 Å². The number of thioether (sulfide) groups is 1. The van der Waals surface area contributed by atoms with Gasteiger partial charge in [0.25, 0.3) is 0 Å². The second kappa shape index (κ2) is 15.1. The third kappa shape index (κ3) is 8.23.